The summed E-state index contributed by atoms with van der Waals surface area (Å²) in [4.78, 5) is 17.3. The van der Waals surface area contributed by atoms with E-state index < -0.39 is 11.9 Å². The molecule has 1 atom stereocenters. The topological polar surface area (TPSA) is 127 Å². The van der Waals surface area contributed by atoms with Crippen molar-refractivity contribution < 1.29 is 8.78 Å². The Morgan fingerprint density at radius 1 is 1.09 bits per heavy atom. The maximum absolute atomic E-state index is 14.9. The first-order chi connectivity index (χ1) is 17.0. The van der Waals surface area contributed by atoms with Crippen LogP contribution in [0, 0.1) is 11.9 Å². The normalized spacial score (nSPS) is 17.3. The molecule has 35 heavy (non-hydrogen) atoms. The van der Waals surface area contributed by atoms with Crippen LogP contribution in [0.2, 0.25) is 5.02 Å². The molecule has 10 nitrogen and oxygen atoms in total. The Kier molecular flexibility index (Phi) is 5.02. The molecule has 6 rings (SSSR count). The molecule has 1 saturated heterocycles. The van der Waals surface area contributed by atoms with Crippen molar-refractivity contribution >= 4 is 29.0 Å². The number of amidine groups is 1. The molecule has 0 unspecified atom stereocenters. The maximum atomic E-state index is 14.9. The van der Waals surface area contributed by atoms with E-state index in [4.69, 9.17) is 22.3 Å². The number of hydrogen-bond donors (Lipinski definition) is 2. The molecule has 0 aliphatic carbocycles. The summed E-state index contributed by atoms with van der Waals surface area (Å²) in [5, 5.41) is 11.9. The molecule has 2 aliphatic heterocycles. The molecule has 0 amide bonds. The Labute approximate surface area is 202 Å². The summed E-state index contributed by atoms with van der Waals surface area (Å²) in [6.45, 7) is 0.492. The molecule has 13 heteroatoms. The summed E-state index contributed by atoms with van der Waals surface area (Å²) in [7, 11) is 0. The van der Waals surface area contributed by atoms with Gasteiger partial charge in [0.2, 0.25) is 11.9 Å². The average molecular weight is 495 g/mol. The molecular weight excluding hydrogens is 478 g/mol. The number of aliphatic imine (C=N–C) groups is 1. The van der Waals surface area contributed by atoms with Crippen molar-refractivity contribution in [2.24, 2.45) is 4.99 Å². The van der Waals surface area contributed by atoms with Crippen LogP contribution in [0.25, 0.3) is 22.8 Å². The van der Waals surface area contributed by atoms with Crippen LogP contribution >= 0.6 is 11.6 Å². The first kappa shape index (κ1) is 21.4. The van der Waals surface area contributed by atoms with E-state index in [-0.39, 0.29) is 28.9 Å². The number of imidazole rings is 1. The highest BCUT2D eigenvalue weighted by atomic mass is 35.5. The molecule has 1 aromatic carbocycles. The van der Waals surface area contributed by atoms with Crippen LogP contribution in [0.5, 0.6) is 0 Å². The summed E-state index contributed by atoms with van der Waals surface area (Å²) in [6.07, 6.45) is 4.70. The zero-order valence-electron chi connectivity index (χ0n) is 18.0. The van der Waals surface area contributed by atoms with E-state index in [9.17, 15) is 8.78 Å². The molecule has 0 radical (unpaired) electrons. The fourth-order valence-corrected chi connectivity index (χ4v) is 4.63. The van der Waals surface area contributed by atoms with Gasteiger partial charge < -0.3 is 15.6 Å². The predicted molar refractivity (Wildman–Crippen MR) is 124 cm³/mol. The number of tetrazole rings is 1. The predicted octanol–water partition coefficient (Wildman–Crippen LogP) is 3.55. The molecule has 0 saturated carbocycles. The molecular formula is C22H17ClF2N10. The number of nitrogen functional groups attached to an aromatic ring is 1. The number of nitrogens with two attached hydrogens (primary N) is 1. The van der Waals surface area contributed by atoms with Crippen LogP contribution in [0.15, 0.2) is 47.7 Å². The van der Waals surface area contributed by atoms with Crippen molar-refractivity contribution in [2.75, 3.05) is 12.3 Å². The minimum Gasteiger partial charge on any atom is -0.384 e. The number of hydrogen-bond acceptors (Lipinski definition) is 8. The summed E-state index contributed by atoms with van der Waals surface area (Å²) in [5.41, 5.74) is 8.08. The zero-order chi connectivity index (χ0) is 24.1. The second-order valence-corrected chi connectivity index (χ2v) is 8.54. The zero-order valence-corrected chi connectivity index (χ0v) is 18.8. The molecule has 0 bridgehead atoms. The molecule has 5 heterocycles. The van der Waals surface area contributed by atoms with Gasteiger partial charge in [0.25, 0.3) is 0 Å². The number of benzene rings is 1. The molecule has 4 aromatic rings. The molecule has 1 fully saturated rings. The average Bonchev–Trinajstić information content (AvgIpc) is 3.58. The van der Waals surface area contributed by atoms with Crippen molar-refractivity contribution in [1.29, 1.82) is 0 Å². The number of nitrogens with one attached hydrogen (secondary N) is 1. The standard InChI is InChI=1S/C22H17ClF2N10/c23-11-1-3-15(35-10-27-32-33-35)13(9-11)14-7-8-34-16(4-6-18(34)28-14)19-21(25)31-22(30-19)12-2-5-17(26)29-20(12)24/h1-3,5,7,9-10,16H,4,6,8H2,(H2,26,29)(H,30,31)/t16-/m1/s1. The van der Waals surface area contributed by atoms with Crippen LogP contribution in [0.3, 0.4) is 0 Å². The van der Waals surface area contributed by atoms with Gasteiger partial charge in [-0.15, -0.1) is 5.10 Å². The highest BCUT2D eigenvalue weighted by molar-refractivity contribution is 6.30. The van der Waals surface area contributed by atoms with Gasteiger partial charge in [0.1, 0.15) is 23.8 Å². The lowest BCUT2D eigenvalue weighted by Gasteiger charge is -2.28. The van der Waals surface area contributed by atoms with Crippen LogP contribution in [-0.4, -0.2) is 52.4 Å². The number of aromatic nitrogens is 7. The summed E-state index contributed by atoms with van der Waals surface area (Å²) >= 11 is 6.26. The van der Waals surface area contributed by atoms with E-state index >= 15 is 0 Å². The Balaban J connectivity index is 1.31. The van der Waals surface area contributed by atoms with Gasteiger partial charge in [-0.1, -0.05) is 11.6 Å². The molecule has 176 valence electrons. The van der Waals surface area contributed by atoms with Gasteiger partial charge in [-0.3, -0.25) is 0 Å². The van der Waals surface area contributed by atoms with E-state index in [0.717, 1.165) is 22.8 Å². The van der Waals surface area contributed by atoms with Crippen LogP contribution in [0.4, 0.5) is 14.6 Å². The third kappa shape index (κ3) is 3.71. The van der Waals surface area contributed by atoms with Crippen molar-refractivity contribution in [1.82, 2.24) is 40.1 Å². The van der Waals surface area contributed by atoms with Gasteiger partial charge in [0.15, 0.2) is 0 Å². The van der Waals surface area contributed by atoms with Gasteiger partial charge in [-0.2, -0.15) is 18.4 Å². The highest BCUT2D eigenvalue weighted by Gasteiger charge is 2.36. The summed E-state index contributed by atoms with van der Waals surface area (Å²) < 4.78 is 30.7. The van der Waals surface area contributed by atoms with E-state index in [1.54, 1.807) is 10.7 Å². The fourth-order valence-electron chi connectivity index (χ4n) is 4.46. The van der Waals surface area contributed by atoms with Crippen LogP contribution in [-0.2, 0) is 0 Å². The molecule has 2 aliphatic rings. The second-order valence-electron chi connectivity index (χ2n) is 8.10. The van der Waals surface area contributed by atoms with E-state index in [1.807, 2.05) is 23.1 Å². The largest absolute Gasteiger partial charge is 0.384 e. The smallest absolute Gasteiger partial charge is 0.236 e. The van der Waals surface area contributed by atoms with Crippen molar-refractivity contribution in [2.45, 2.75) is 18.9 Å². The van der Waals surface area contributed by atoms with Crippen molar-refractivity contribution in [3.8, 4) is 17.1 Å². The lowest BCUT2D eigenvalue weighted by atomic mass is 10.1. The van der Waals surface area contributed by atoms with Crippen molar-refractivity contribution in [3.05, 3.63) is 70.9 Å². The monoisotopic (exact) mass is 494 g/mol. The SMILES string of the molecule is Nc1ccc(-c2nc(F)c([C@H]3CCC4=NC(c5cc(Cl)ccc5-n5cnnn5)=CCN43)[nH]2)c(F)n1. The fraction of sp³-hybridized carbons (Fsp3) is 0.182. The minimum atomic E-state index is -0.815. The molecule has 0 spiro atoms. The third-order valence-corrected chi connectivity index (χ3v) is 6.29. The Hall–Kier alpha value is -4.19. The first-order valence-electron chi connectivity index (χ1n) is 10.7. The van der Waals surface area contributed by atoms with Gasteiger partial charge in [0, 0.05) is 23.6 Å². The number of pyridine rings is 1. The number of fused-ring (bicyclic) bond motifs is 1. The van der Waals surface area contributed by atoms with Crippen molar-refractivity contribution in [3.63, 3.8) is 0 Å². The van der Waals surface area contributed by atoms with Gasteiger partial charge in [0.05, 0.1) is 28.7 Å². The third-order valence-electron chi connectivity index (χ3n) is 6.05. The number of H-pyrrole nitrogens is 1. The number of halogens is 3. The quantitative estimate of drug-likeness (QED) is 0.415. The van der Waals surface area contributed by atoms with Crippen LogP contribution in [0.1, 0.15) is 30.1 Å². The minimum absolute atomic E-state index is 0.0361. The maximum Gasteiger partial charge on any atom is 0.236 e. The lowest BCUT2D eigenvalue weighted by molar-refractivity contribution is 0.353. The lowest BCUT2D eigenvalue weighted by Crippen LogP contribution is -2.31. The summed E-state index contributed by atoms with van der Waals surface area (Å²) in [6, 6.07) is 7.93. The Bertz CT molecular complexity index is 1490. The Morgan fingerprint density at radius 3 is 2.77 bits per heavy atom. The Morgan fingerprint density at radius 2 is 1.97 bits per heavy atom. The van der Waals surface area contributed by atoms with Crippen LogP contribution < -0.4 is 5.73 Å². The van der Waals surface area contributed by atoms with E-state index in [1.165, 1.54) is 18.5 Å². The van der Waals surface area contributed by atoms with Gasteiger partial charge in [-0.05, 0) is 53.3 Å². The number of aromatic amines is 1. The number of rotatable bonds is 4. The van der Waals surface area contributed by atoms with Gasteiger partial charge >= 0.3 is 0 Å². The van der Waals surface area contributed by atoms with Gasteiger partial charge in [-0.25, -0.2) is 9.98 Å². The number of anilines is 1. The van der Waals surface area contributed by atoms with E-state index in [0.29, 0.717) is 24.4 Å². The first-order valence-corrected chi connectivity index (χ1v) is 11.1. The van der Waals surface area contributed by atoms with E-state index in [2.05, 4.69) is 30.5 Å². The number of nitrogens with zero attached hydrogens (tertiary/aromatic N) is 8. The molecule has 3 aromatic heterocycles. The second kappa shape index (κ2) is 8.24. The summed E-state index contributed by atoms with van der Waals surface area (Å²) in [5.74, 6) is -0.594. The molecule has 3 N–H and O–H groups in total. The highest BCUT2D eigenvalue weighted by Crippen LogP contribution is 2.39.